The summed E-state index contributed by atoms with van der Waals surface area (Å²) >= 11 is 0. The van der Waals surface area contributed by atoms with Crippen LogP contribution in [0.5, 0.6) is 0 Å². The molecule has 0 spiro atoms. The number of halogens is 1. The van der Waals surface area contributed by atoms with E-state index in [0.717, 1.165) is 0 Å². The van der Waals surface area contributed by atoms with Crippen LogP contribution >= 0.6 is 0 Å². The van der Waals surface area contributed by atoms with Gasteiger partial charge in [0, 0.05) is 0 Å². The van der Waals surface area contributed by atoms with E-state index in [1.165, 1.54) is 6.34 Å². The van der Waals surface area contributed by atoms with Gasteiger partial charge in [-0.25, -0.2) is 9.79 Å². The SMILES string of the molecule is C[N+]1(C(N)=O)C=CN=C1.[I-]. The highest BCUT2D eigenvalue weighted by Gasteiger charge is 2.26. The molecule has 0 aliphatic carbocycles. The number of urea groups is 1. The Labute approximate surface area is 76.0 Å². The Bertz CT molecular complexity index is 187. The molecule has 0 fully saturated rings. The topological polar surface area (TPSA) is 55.5 Å². The van der Waals surface area contributed by atoms with Crippen LogP contribution in [0, 0.1) is 0 Å². The molecule has 0 radical (unpaired) electrons. The van der Waals surface area contributed by atoms with Crippen molar-refractivity contribution in [1.82, 2.24) is 0 Å². The van der Waals surface area contributed by atoms with E-state index in [4.69, 9.17) is 5.73 Å². The van der Waals surface area contributed by atoms with Gasteiger partial charge in [-0.3, -0.25) is 0 Å². The standard InChI is InChI=1S/C5H7N3O.HI/c1-8(5(6)9)3-2-7-4-8;/h2-4H,1H3,(H-,6,9);1H. The average molecular weight is 253 g/mol. The summed E-state index contributed by atoms with van der Waals surface area (Å²) in [5.41, 5.74) is 5.02. The highest BCUT2D eigenvalue weighted by Crippen LogP contribution is 2.04. The Balaban J connectivity index is 0.000000810. The van der Waals surface area contributed by atoms with E-state index in [-0.39, 0.29) is 28.5 Å². The van der Waals surface area contributed by atoms with Crippen molar-refractivity contribution in [3.05, 3.63) is 12.4 Å². The summed E-state index contributed by atoms with van der Waals surface area (Å²) in [4.78, 5) is 14.3. The van der Waals surface area contributed by atoms with Crippen molar-refractivity contribution in [2.45, 2.75) is 0 Å². The second kappa shape index (κ2) is 3.11. The van der Waals surface area contributed by atoms with Gasteiger partial charge in [-0.15, -0.1) is 0 Å². The zero-order valence-corrected chi connectivity index (χ0v) is 7.65. The van der Waals surface area contributed by atoms with Crippen molar-refractivity contribution in [3.63, 3.8) is 0 Å². The van der Waals surface area contributed by atoms with E-state index < -0.39 is 6.03 Å². The normalized spacial score (nSPS) is 28.1. The van der Waals surface area contributed by atoms with Gasteiger partial charge in [-0.1, -0.05) is 0 Å². The lowest BCUT2D eigenvalue weighted by Gasteiger charge is -2.13. The van der Waals surface area contributed by atoms with Gasteiger partial charge in [0.15, 0.2) is 0 Å². The molecule has 1 heterocycles. The molecule has 4 nitrogen and oxygen atoms in total. The van der Waals surface area contributed by atoms with Crippen molar-refractivity contribution in [1.29, 1.82) is 0 Å². The summed E-state index contributed by atoms with van der Waals surface area (Å²) in [5.74, 6) is 0. The highest BCUT2D eigenvalue weighted by molar-refractivity contribution is 5.75. The third kappa shape index (κ3) is 1.54. The van der Waals surface area contributed by atoms with Gasteiger partial charge in [0.2, 0.25) is 6.34 Å². The van der Waals surface area contributed by atoms with E-state index in [0.29, 0.717) is 0 Å². The maximum absolute atomic E-state index is 10.6. The molecule has 56 valence electrons. The van der Waals surface area contributed by atoms with Crippen LogP contribution in [-0.2, 0) is 0 Å². The van der Waals surface area contributed by atoms with E-state index in [2.05, 4.69) is 4.99 Å². The average Bonchev–Trinajstić information content (AvgIpc) is 2.16. The summed E-state index contributed by atoms with van der Waals surface area (Å²) in [6.07, 6.45) is 4.63. The molecule has 0 saturated heterocycles. The fraction of sp³-hybridized carbons (Fsp3) is 0.200. The van der Waals surface area contributed by atoms with E-state index in [9.17, 15) is 4.79 Å². The first-order valence-electron chi connectivity index (χ1n) is 2.53. The summed E-state index contributed by atoms with van der Waals surface area (Å²) in [5, 5.41) is 0. The molecular formula is C5H8IN3O. The van der Waals surface area contributed by atoms with Crippen LogP contribution in [-0.4, -0.2) is 23.9 Å². The highest BCUT2D eigenvalue weighted by atomic mass is 127. The molecule has 5 heteroatoms. The van der Waals surface area contributed by atoms with Crippen molar-refractivity contribution >= 4 is 12.4 Å². The van der Waals surface area contributed by atoms with Crippen LogP contribution in [0.2, 0.25) is 0 Å². The van der Waals surface area contributed by atoms with E-state index in [1.54, 1.807) is 19.4 Å². The van der Waals surface area contributed by atoms with Crippen LogP contribution in [0.25, 0.3) is 0 Å². The zero-order chi connectivity index (χ0) is 6.91. The number of carbonyl (C=O) groups excluding carboxylic acids is 1. The quantitative estimate of drug-likeness (QED) is 0.364. The third-order valence-electron chi connectivity index (χ3n) is 1.24. The third-order valence-corrected chi connectivity index (χ3v) is 1.24. The molecule has 2 amide bonds. The molecule has 1 aliphatic heterocycles. The maximum Gasteiger partial charge on any atom is 0.424 e. The van der Waals surface area contributed by atoms with Gasteiger partial charge < -0.3 is 29.7 Å². The maximum atomic E-state index is 10.6. The molecule has 1 unspecified atom stereocenters. The van der Waals surface area contributed by atoms with Gasteiger partial charge in [0.1, 0.15) is 6.20 Å². The second-order valence-electron chi connectivity index (χ2n) is 2.05. The van der Waals surface area contributed by atoms with Crippen LogP contribution in [0.4, 0.5) is 4.79 Å². The fourth-order valence-electron chi connectivity index (χ4n) is 0.523. The van der Waals surface area contributed by atoms with Gasteiger partial charge in [0.05, 0.1) is 13.2 Å². The molecule has 0 saturated carbocycles. The van der Waals surface area contributed by atoms with E-state index in [1.807, 2.05) is 0 Å². The second-order valence-corrected chi connectivity index (χ2v) is 2.05. The Hall–Kier alpha value is -0.430. The Kier molecular flexibility index (Phi) is 2.97. The molecule has 1 aliphatic rings. The summed E-state index contributed by atoms with van der Waals surface area (Å²) in [6, 6.07) is -0.424. The lowest BCUT2D eigenvalue weighted by Crippen LogP contribution is -3.00. The number of hydrogen-bond acceptors (Lipinski definition) is 2. The van der Waals surface area contributed by atoms with E-state index >= 15 is 0 Å². The lowest BCUT2D eigenvalue weighted by molar-refractivity contribution is -0.663. The first-order valence-corrected chi connectivity index (χ1v) is 2.53. The Morgan fingerprint density at radius 1 is 1.70 bits per heavy atom. The smallest absolute Gasteiger partial charge is 0.424 e. The van der Waals surface area contributed by atoms with Crippen LogP contribution in [0.15, 0.2) is 17.4 Å². The van der Waals surface area contributed by atoms with Crippen molar-refractivity contribution in [3.8, 4) is 0 Å². The number of rotatable bonds is 0. The summed E-state index contributed by atoms with van der Waals surface area (Å²) in [7, 11) is 1.66. The van der Waals surface area contributed by atoms with Crippen molar-refractivity contribution in [2.24, 2.45) is 10.7 Å². The number of carbonyl (C=O) groups is 1. The molecule has 1 atom stereocenters. The predicted molar refractivity (Wildman–Crippen MR) is 33.4 cm³/mol. The molecule has 0 aromatic carbocycles. The summed E-state index contributed by atoms with van der Waals surface area (Å²) in [6.45, 7) is 0. The predicted octanol–water partition coefficient (Wildman–Crippen LogP) is -2.97. The van der Waals surface area contributed by atoms with Crippen LogP contribution < -0.4 is 29.7 Å². The molecule has 0 bridgehead atoms. The number of nitrogens with two attached hydrogens (primary N) is 1. The lowest BCUT2D eigenvalue weighted by atomic mass is 10.6. The number of quaternary nitrogens is 1. The van der Waals surface area contributed by atoms with Crippen LogP contribution in [0.1, 0.15) is 0 Å². The molecule has 0 aromatic heterocycles. The Morgan fingerprint density at radius 3 is 2.50 bits per heavy atom. The number of hydrogen-bond donors (Lipinski definition) is 1. The zero-order valence-electron chi connectivity index (χ0n) is 5.49. The monoisotopic (exact) mass is 253 g/mol. The number of primary amides is 1. The minimum atomic E-state index is -0.424. The van der Waals surface area contributed by atoms with Crippen molar-refractivity contribution < 1.29 is 33.3 Å². The number of aliphatic imine (C=N–C) groups is 1. The minimum Gasteiger partial charge on any atom is -1.00 e. The molecule has 0 aromatic rings. The number of nitrogens with zero attached hydrogens (tertiary/aromatic N) is 2. The Morgan fingerprint density at radius 2 is 2.30 bits per heavy atom. The van der Waals surface area contributed by atoms with Crippen molar-refractivity contribution in [2.75, 3.05) is 7.05 Å². The number of amides is 2. The van der Waals surface area contributed by atoms with Gasteiger partial charge in [-0.2, -0.15) is 4.48 Å². The summed E-state index contributed by atoms with van der Waals surface area (Å²) < 4.78 is -0.0278. The van der Waals surface area contributed by atoms with Gasteiger partial charge in [-0.05, 0) is 0 Å². The molecule has 10 heavy (non-hydrogen) atoms. The molecular weight excluding hydrogens is 245 g/mol. The largest absolute Gasteiger partial charge is 1.00 e. The van der Waals surface area contributed by atoms with Gasteiger partial charge in [0.25, 0.3) is 0 Å². The first-order chi connectivity index (χ1) is 4.15. The molecule has 1 rings (SSSR count). The molecule has 2 N–H and O–H groups in total. The first kappa shape index (κ1) is 9.57. The fourth-order valence-corrected chi connectivity index (χ4v) is 0.523. The van der Waals surface area contributed by atoms with Gasteiger partial charge >= 0.3 is 6.03 Å². The minimum absolute atomic E-state index is 0. The van der Waals surface area contributed by atoms with Crippen LogP contribution in [0.3, 0.4) is 0 Å².